The predicted molar refractivity (Wildman–Crippen MR) is 109 cm³/mol. The lowest BCUT2D eigenvalue weighted by atomic mass is 10.2. The van der Waals surface area contributed by atoms with Crippen molar-refractivity contribution in [2.45, 2.75) is 13.8 Å². The van der Waals surface area contributed by atoms with Gasteiger partial charge in [0.15, 0.2) is 5.70 Å². The van der Waals surface area contributed by atoms with E-state index in [0.717, 1.165) is 28.4 Å². The third-order valence-electron chi connectivity index (χ3n) is 4.80. The van der Waals surface area contributed by atoms with Gasteiger partial charge >= 0.3 is 5.97 Å². The molecular weight excluding hydrogens is 371 g/mol. The molecule has 0 fully saturated rings. The number of aromatic nitrogens is 1. The van der Waals surface area contributed by atoms with Gasteiger partial charge in [0, 0.05) is 22.6 Å². The fourth-order valence-corrected chi connectivity index (χ4v) is 3.33. The number of aliphatic imine (C=N–C) groups is 1. The second-order valence-electron chi connectivity index (χ2n) is 6.70. The second kappa shape index (κ2) is 7.39. The number of aryl methyl sites for hydroxylation is 1. The van der Waals surface area contributed by atoms with E-state index in [1.165, 1.54) is 24.3 Å². The molecule has 6 heteroatoms. The van der Waals surface area contributed by atoms with Crippen molar-refractivity contribution >= 4 is 17.9 Å². The number of esters is 1. The van der Waals surface area contributed by atoms with E-state index in [-0.39, 0.29) is 17.4 Å². The number of halogens is 1. The summed E-state index contributed by atoms with van der Waals surface area (Å²) < 4.78 is 25.7. The molecule has 3 aromatic rings. The lowest BCUT2D eigenvalue weighted by molar-refractivity contribution is -0.129. The first kappa shape index (κ1) is 18.7. The van der Waals surface area contributed by atoms with Crippen LogP contribution >= 0.6 is 0 Å². The maximum absolute atomic E-state index is 13.1. The molecule has 1 aliphatic heterocycles. The average Bonchev–Trinajstić information content (AvgIpc) is 3.22. The summed E-state index contributed by atoms with van der Waals surface area (Å²) in [5, 5.41) is 0. The van der Waals surface area contributed by atoms with Gasteiger partial charge in [-0.2, -0.15) is 0 Å². The zero-order valence-electron chi connectivity index (χ0n) is 16.3. The molecule has 0 atom stereocenters. The van der Waals surface area contributed by atoms with Gasteiger partial charge in [0.2, 0.25) is 5.90 Å². The predicted octanol–water partition coefficient (Wildman–Crippen LogP) is 4.59. The first-order valence-corrected chi connectivity index (χ1v) is 9.08. The number of cyclic esters (lactones) is 1. The molecule has 29 heavy (non-hydrogen) atoms. The number of methoxy groups -OCH3 is 1. The van der Waals surface area contributed by atoms with E-state index in [1.807, 2.05) is 44.2 Å². The van der Waals surface area contributed by atoms with E-state index in [2.05, 4.69) is 9.56 Å². The van der Waals surface area contributed by atoms with Crippen molar-refractivity contribution in [1.82, 2.24) is 4.57 Å². The molecule has 0 saturated heterocycles. The van der Waals surface area contributed by atoms with Crippen molar-refractivity contribution in [3.63, 3.8) is 0 Å². The third kappa shape index (κ3) is 3.57. The van der Waals surface area contributed by atoms with Gasteiger partial charge in [-0.15, -0.1) is 0 Å². The minimum atomic E-state index is -0.529. The Hall–Kier alpha value is -3.67. The van der Waals surface area contributed by atoms with E-state index in [1.54, 1.807) is 13.2 Å². The van der Waals surface area contributed by atoms with E-state index in [4.69, 9.17) is 9.47 Å². The number of hydrogen-bond donors (Lipinski definition) is 0. The molecule has 2 aromatic carbocycles. The van der Waals surface area contributed by atoms with Gasteiger partial charge in [0.05, 0.1) is 7.11 Å². The van der Waals surface area contributed by atoms with Crippen molar-refractivity contribution in [3.8, 4) is 11.4 Å². The number of ether oxygens (including phenoxy) is 2. The molecule has 5 nitrogen and oxygen atoms in total. The van der Waals surface area contributed by atoms with Crippen LogP contribution in [0.15, 0.2) is 65.3 Å². The van der Waals surface area contributed by atoms with Gasteiger partial charge in [-0.05, 0) is 80.1 Å². The Bertz CT molecular complexity index is 1140. The van der Waals surface area contributed by atoms with E-state index < -0.39 is 5.97 Å². The Morgan fingerprint density at radius 1 is 1.07 bits per heavy atom. The average molecular weight is 390 g/mol. The minimum Gasteiger partial charge on any atom is -0.497 e. The molecule has 0 N–H and O–H groups in total. The Balaban J connectivity index is 1.69. The molecule has 0 spiro atoms. The number of rotatable bonds is 4. The maximum Gasteiger partial charge on any atom is 0.363 e. The molecule has 0 unspecified atom stereocenters. The second-order valence-corrected chi connectivity index (χ2v) is 6.70. The van der Waals surface area contributed by atoms with Crippen LogP contribution in [0.5, 0.6) is 5.75 Å². The molecule has 1 aliphatic rings. The van der Waals surface area contributed by atoms with Gasteiger partial charge < -0.3 is 14.0 Å². The molecule has 0 radical (unpaired) electrons. The highest BCUT2D eigenvalue weighted by Gasteiger charge is 2.25. The van der Waals surface area contributed by atoms with Crippen LogP contribution in [0.4, 0.5) is 4.39 Å². The molecular formula is C23H19FN2O3. The van der Waals surface area contributed by atoms with Crippen molar-refractivity contribution < 1.29 is 18.7 Å². The van der Waals surface area contributed by atoms with E-state index >= 15 is 0 Å². The van der Waals surface area contributed by atoms with Gasteiger partial charge in [0.1, 0.15) is 11.6 Å². The largest absolute Gasteiger partial charge is 0.497 e. The van der Waals surface area contributed by atoms with E-state index in [9.17, 15) is 9.18 Å². The Morgan fingerprint density at radius 2 is 1.76 bits per heavy atom. The molecule has 0 saturated carbocycles. The highest BCUT2D eigenvalue weighted by Crippen LogP contribution is 2.26. The summed E-state index contributed by atoms with van der Waals surface area (Å²) in [5.74, 6) is 0.0686. The lowest BCUT2D eigenvalue weighted by Gasteiger charge is -2.10. The number of benzene rings is 2. The van der Waals surface area contributed by atoms with Gasteiger partial charge in [0.25, 0.3) is 0 Å². The zero-order chi connectivity index (χ0) is 20.5. The number of nitrogens with zero attached hydrogens (tertiary/aromatic N) is 2. The first-order valence-electron chi connectivity index (χ1n) is 9.08. The van der Waals surface area contributed by atoms with Gasteiger partial charge in [-0.25, -0.2) is 14.2 Å². The summed E-state index contributed by atoms with van der Waals surface area (Å²) >= 11 is 0. The van der Waals surface area contributed by atoms with Crippen LogP contribution in [-0.2, 0) is 9.53 Å². The highest BCUT2D eigenvalue weighted by molar-refractivity contribution is 6.12. The van der Waals surface area contributed by atoms with Crippen molar-refractivity contribution in [1.29, 1.82) is 0 Å². The molecule has 146 valence electrons. The molecule has 0 aliphatic carbocycles. The number of carbonyl (C=O) groups excluding carboxylic acids is 1. The smallest absolute Gasteiger partial charge is 0.363 e. The van der Waals surface area contributed by atoms with Crippen LogP contribution in [0.25, 0.3) is 11.8 Å². The Labute approximate surface area is 167 Å². The molecule has 4 rings (SSSR count). The quantitative estimate of drug-likeness (QED) is 0.484. The summed E-state index contributed by atoms with van der Waals surface area (Å²) in [6.45, 7) is 3.98. The van der Waals surface area contributed by atoms with Gasteiger partial charge in [-0.1, -0.05) is 0 Å². The fraction of sp³-hybridized carbons (Fsp3) is 0.130. The molecule has 2 heterocycles. The van der Waals surface area contributed by atoms with Crippen LogP contribution in [0.3, 0.4) is 0 Å². The summed E-state index contributed by atoms with van der Waals surface area (Å²) in [7, 11) is 1.63. The summed E-state index contributed by atoms with van der Waals surface area (Å²) in [6.07, 6.45) is 1.71. The Morgan fingerprint density at radius 3 is 2.41 bits per heavy atom. The standard InChI is InChI=1S/C23H19FN2O3/c1-14-12-17(15(2)26(14)19-8-10-20(28-3)11-9-19)13-21-23(27)29-22(25-21)16-4-6-18(24)7-5-16/h4-13H,1-3H3. The van der Waals surface area contributed by atoms with Crippen molar-refractivity contribution in [2.24, 2.45) is 4.99 Å². The zero-order valence-corrected chi connectivity index (χ0v) is 16.3. The third-order valence-corrected chi connectivity index (χ3v) is 4.80. The van der Waals surface area contributed by atoms with Crippen LogP contribution in [0.2, 0.25) is 0 Å². The highest BCUT2D eigenvalue weighted by atomic mass is 19.1. The molecule has 0 amide bonds. The lowest BCUT2D eigenvalue weighted by Crippen LogP contribution is -2.05. The maximum atomic E-state index is 13.1. The monoisotopic (exact) mass is 390 g/mol. The van der Waals surface area contributed by atoms with Crippen LogP contribution < -0.4 is 4.74 Å². The van der Waals surface area contributed by atoms with Crippen molar-refractivity contribution in [3.05, 3.63) is 88.6 Å². The summed E-state index contributed by atoms with van der Waals surface area (Å²) in [6, 6.07) is 15.4. The summed E-state index contributed by atoms with van der Waals surface area (Å²) in [4.78, 5) is 16.6. The fourth-order valence-electron chi connectivity index (χ4n) is 3.33. The first-order chi connectivity index (χ1) is 14.0. The SMILES string of the molecule is COc1ccc(-n2c(C)cc(C=C3N=C(c4ccc(F)cc4)OC3=O)c2C)cc1. The molecule has 0 bridgehead atoms. The van der Waals surface area contributed by atoms with Crippen LogP contribution in [0, 0.1) is 19.7 Å². The molecule has 1 aromatic heterocycles. The van der Waals surface area contributed by atoms with Gasteiger partial charge in [-0.3, -0.25) is 0 Å². The number of carbonyl (C=O) groups is 1. The summed E-state index contributed by atoms with van der Waals surface area (Å²) in [5.41, 5.74) is 4.61. The topological polar surface area (TPSA) is 52.8 Å². The van der Waals surface area contributed by atoms with Crippen molar-refractivity contribution in [2.75, 3.05) is 7.11 Å². The normalized spacial score (nSPS) is 14.8. The van der Waals surface area contributed by atoms with Crippen LogP contribution in [0.1, 0.15) is 22.5 Å². The Kier molecular flexibility index (Phi) is 4.76. The van der Waals surface area contributed by atoms with Crippen LogP contribution in [-0.4, -0.2) is 23.5 Å². The van der Waals surface area contributed by atoms with E-state index in [0.29, 0.717) is 5.56 Å². The number of hydrogen-bond acceptors (Lipinski definition) is 4. The minimum absolute atomic E-state index is 0.171.